The van der Waals surface area contributed by atoms with Gasteiger partial charge in [-0.15, -0.1) is 0 Å². The third-order valence-electron chi connectivity index (χ3n) is 3.41. The number of rotatable bonds is 7. The Morgan fingerprint density at radius 1 is 1.33 bits per heavy atom. The van der Waals surface area contributed by atoms with Crippen LogP contribution in [0.2, 0.25) is 0 Å². The summed E-state index contributed by atoms with van der Waals surface area (Å²) in [5.41, 5.74) is 0. The number of nitrogens with zero attached hydrogens (tertiary/aromatic N) is 1. The van der Waals surface area contributed by atoms with Crippen LogP contribution in [0.1, 0.15) is 32.6 Å². The van der Waals surface area contributed by atoms with Crippen LogP contribution in [-0.4, -0.2) is 49.8 Å². The summed E-state index contributed by atoms with van der Waals surface area (Å²) in [6, 6.07) is 1.61. The molecule has 0 aromatic carbocycles. The molecule has 2 aliphatic rings. The van der Waals surface area contributed by atoms with Gasteiger partial charge in [0.1, 0.15) is 0 Å². The van der Waals surface area contributed by atoms with Crippen molar-refractivity contribution < 1.29 is 4.74 Å². The predicted molar refractivity (Wildman–Crippen MR) is 62.1 cm³/mol. The van der Waals surface area contributed by atoms with E-state index in [1.165, 1.54) is 38.8 Å². The average molecular weight is 212 g/mol. The summed E-state index contributed by atoms with van der Waals surface area (Å²) in [7, 11) is 0. The van der Waals surface area contributed by atoms with Gasteiger partial charge in [0.15, 0.2) is 0 Å². The second kappa shape index (κ2) is 5.83. The van der Waals surface area contributed by atoms with E-state index in [-0.39, 0.29) is 0 Å². The van der Waals surface area contributed by atoms with E-state index in [9.17, 15) is 0 Å². The van der Waals surface area contributed by atoms with Crippen LogP contribution in [0.15, 0.2) is 0 Å². The van der Waals surface area contributed by atoms with Crippen molar-refractivity contribution >= 4 is 0 Å². The fourth-order valence-corrected chi connectivity index (χ4v) is 2.38. The Morgan fingerprint density at radius 2 is 2.20 bits per heavy atom. The first-order valence-electron chi connectivity index (χ1n) is 6.45. The first-order chi connectivity index (χ1) is 7.40. The maximum Gasteiger partial charge on any atom is 0.0593 e. The largest absolute Gasteiger partial charge is 0.380 e. The van der Waals surface area contributed by atoms with Crippen LogP contribution in [0.5, 0.6) is 0 Å². The summed E-state index contributed by atoms with van der Waals surface area (Å²) in [6.07, 6.45) is 5.52. The third kappa shape index (κ3) is 3.74. The minimum absolute atomic E-state index is 0.743. The Kier molecular flexibility index (Phi) is 4.42. The van der Waals surface area contributed by atoms with Gasteiger partial charge in [-0.25, -0.2) is 0 Å². The summed E-state index contributed by atoms with van der Waals surface area (Å²) < 4.78 is 5.44. The Bertz CT molecular complexity index is 176. The molecule has 1 unspecified atom stereocenters. The molecule has 0 bridgehead atoms. The average Bonchev–Trinajstić information content (AvgIpc) is 2.97. The van der Waals surface area contributed by atoms with E-state index in [0.717, 1.165) is 31.8 Å². The Morgan fingerprint density at radius 3 is 2.80 bits per heavy atom. The van der Waals surface area contributed by atoms with Gasteiger partial charge in [-0.05, 0) is 39.2 Å². The van der Waals surface area contributed by atoms with Crippen LogP contribution in [0, 0.1) is 0 Å². The monoisotopic (exact) mass is 212 g/mol. The molecule has 15 heavy (non-hydrogen) atoms. The number of nitrogens with one attached hydrogen (secondary N) is 1. The topological polar surface area (TPSA) is 24.5 Å². The third-order valence-corrected chi connectivity index (χ3v) is 3.41. The van der Waals surface area contributed by atoms with Gasteiger partial charge in [-0.1, -0.05) is 0 Å². The lowest BCUT2D eigenvalue weighted by Crippen LogP contribution is -2.40. The standard InChI is InChI=1S/C12H24N2O/c1-2-15-9-8-14(12-5-6-12)10-11-4-3-7-13-11/h11-13H,2-10H2,1H3. The molecule has 88 valence electrons. The van der Waals surface area contributed by atoms with Crippen molar-refractivity contribution in [2.45, 2.75) is 44.7 Å². The van der Waals surface area contributed by atoms with E-state index >= 15 is 0 Å². The van der Waals surface area contributed by atoms with Crippen molar-refractivity contribution in [2.75, 3.05) is 32.8 Å². The van der Waals surface area contributed by atoms with Gasteiger partial charge in [-0.3, -0.25) is 4.90 Å². The molecule has 2 rings (SSSR count). The van der Waals surface area contributed by atoms with Gasteiger partial charge in [0, 0.05) is 31.8 Å². The van der Waals surface area contributed by atoms with E-state index in [2.05, 4.69) is 17.1 Å². The number of ether oxygens (including phenoxy) is 1. The van der Waals surface area contributed by atoms with Gasteiger partial charge in [0.2, 0.25) is 0 Å². The summed E-state index contributed by atoms with van der Waals surface area (Å²) in [5, 5.41) is 3.58. The molecule has 1 saturated carbocycles. The predicted octanol–water partition coefficient (Wildman–Crippen LogP) is 1.24. The highest BCUT2D eigenvalue weighted by Gasteiger charge is 2.30. The maximum atomic E-state index is 5.44. The lowest BCUT2D eigenvalue weighted by molar-refractivity contribution is 0.106. The summed E-state index contributed by atoms with van der Waals surface area (Å²) in [6.45, 7) is 7.39. The minimum atomic E-state index is 0.743. The molecule has 0 amide bonds. The van der Waals surface area contributed by atoms with E-state index in [0.29, 0.717) is 0 Å². The lowest BCUT2D eigenvalue weighted by atomic mass is 10.2. The molecule has 1 heterocycles. The molecule has 3 heteroatoms. The molecule has 3 nitrogen and oxygen atoms in total. The molecule has 0 spiro atoms. The highest BCUT2D eigenvalue weighted by Crippen LogP contribution is 2.27. The smallest absolute Gasteiger partial charge is 0.0593 e. The Hall–Kier alpha value is -0.120. The fraction of sp³-hybridized carbons (Fsp3) is 1.00. The minimum Gasteiger partial charge on any atom is -0.380 e. The van der Waals surface area contributed by atoms with Crippen LogP contribution in [0.25, 0.3) is 0 Å². The molecule has 0 aromatic rings. The highest BCUT2D eigenvalue weighted by molar-refractivity contribution is 4.88. The number of hydrogen-bond donors (Lipinski definition) is 1. The lowest BCUT2D eigenvalue weighted by Gasteiger charge is -2.25. The van der Waals surface area contributed by atoms with Crippen LogP contribution in [-0.2, 0) is 4.74 Å². The second-order valence-electron chi connectivity index (χ2n) is 4.72. The second-order valence-corrected chi connectivity index (χ2v) is 4.72. The van der Waals surface area contributed by atoms with Crippen molar-refractivity contribution in [3.8, 4) is 0 Å². The molecular formula is C12H24N2O. The quantitative estimate of drug-likeness (QED) is 0.643. The van der Waals surface area contributed by atoms with E-state index in [1.807, 2.05) is 0 Å². The molecule has 1 aliphatic heterocycles. The first kappa shape index (κ1) is 11.4. The SMILES string of the molecule is CCOCCN(CC1CCCN1)C1CC1. The van der Waals surface area contributed by atoms with Gasteiger partial charge in [-0.2, -0.15) is 0 Å². The molecule has 0 radical (unpaired) electrons. The maximum absolute atomic E-state index is 5.44. The van der Waals surface area contributed by atoms with Crippen LogP contribution < -0.4 is 5.32 Å². The van der Waals surface area contributed by atoms with Crippen molar-refractivity contribution in [3.05, 3.63) is 0 Å². The summed E-state index contributed by atoms with van der Waals surface area (Å²) in [4.78, 5) is 2.62. The summed E-state index contributed by atoms with van der Waals surface area (Å²) in [5.74, 6) is 0. The first-order valence-corrected chi connectivity index (χ1v) is 6.45. The van der Waals surface area contributed by atoms with Gasteiger partial charge < -0.3 is 10.1 Å². The molecule has 1 aliphatic carbocycles. The Balaban J connectivity index is 1.68. The van der Waals surface area contributed by atoms with E-state index in [1.54, 1.807) is 0 Å². The van der Waals surface area contributed by atoms with Crippen molar-refractivity contribution in [1.29, 1.82) is 0 Å². The zero-order valence-electron chi connectivity index (χ0n) is 9.87. The van der Waals surface area contributed by atoms with E-state index < -0.39 is 0 Å². The molecule has 0 aromatic heterocycles. The molecule has 1 N–H and O–H groups in total. The van der Waals surface area contributed by atoms with Crippen LogP contribution in [0.3, 0.4) is 0 Å². The molecule has 2 fully saturated rings. The zero-order chi connectivity index (χ0) is 10.5. The van der Waals surface area contributed by atoms with Crippen molar-refractivity contribution in [2.24, 2.45) is 0 Å². The van der Waals surface area contributed by atoms with Gasteiger partial charge in [0.05, 0.1) is 6.61 Å². The normalized spacial score (nSPS) is 26.4. The van der Waals surface area contributed by atoms with Crippen LogP contribution >= 0.6 is 0 Å². The Labute approximate surface area is 93.2 Å². The van der Waals surface area contributed by atoms with Gasteiger partial charge in [0.25, 0.3) is 0 Å². The fourth-order valence-electron chi connectivity index (χ4n) is 2.38. The van der Waals surface area contributed by atoms with Crippen LogP contribution in [0.4, 0.5) is 0 Å². The van der Waals surface area contributed by atoms with Gasteiger partial charge >= 0.3 is 0 Å². The molecular weight excluding hydrogens is 188 g/mol. The summed E-state index contributed by atoms with van der Waals surface area (Å²) >= 11 is 0. The van der Waals surface area contributed by atoms with E-state index in [4.69, 9.17) is 4.74 Å². The van der Waals surface area contributed by atoms with Crippen molar-refractivity contribution in [3.63, 3.8) is 0 Å². The number of hydrogen-bond acceptors (Lipinski definition) is 3. The zero-order valence-corrected chi connectivity index (χ0v) is 9.87. The van der Waals surface area contributed by atoms with Crippen molar-refractivity contribution in [1.82, 2.24) is 10.2 Å². The molecule has 1 saturated heterocycles. The highest BCUT2D eigenvalue weighted by atomic mass is 16.5. The molecule has 1 atom stereocenters.